The predicted octanol–water partition coefficient (Wildman–Crippen LogP) is 3.29. The van der Waals surface area contributed by atoms with Crippen LogP contribution in [-0.4, -0.2) is 42.5 Å². The molecule has 0 bridgehead atoms. The molecule has 0 saturated carbocycles. The van der Waals surface area contributed by atoms with Gasteiger partial charge in [0.25, 0.3) is 0 Å². The number of hydrogen-bond donors (Lipinski definition) is 1. The molecule has 1 aromatic rings. The molecule has 0 aromatic heterocycles. The van der Waals surface area contributed by atoms with Crippen LogP contribution in [0.4, 0.5) is 4.79 Å². The highest BCUT2D eigenvalue weighted by Crippen LogP contribution is 2.35. The van der Waals surface area contributed by atoms with Crippen molar-refractivity contribution in [2.24, 2.45) is 0 Å². The highest BCUT2D eigenvalue weighted by molar-refractivity contribution is 5.68. The fraction of sp³-hybridized carbons (Fsp3) is 0.632. The Labute approximate surface area is 149 Å². The van der Waals surface area contributed by atoms with Gasteiger partial charge in [0, 0.05) is 24.7 Å². The van der Waals surface area contributed by atoms with E-state index in [9.17, 15) is 4.79 Å². The number of amides is 1. The Kier molecular flexibility index (Phi) is 5.37. The fourth-order valence-electron chi connectivity index (χ4n) is 3.32. The van der Waals surface area contributed by atoms with Crippen molar-refractivity contribution in [1.82, 2.24) is 10.2 Å². The molecule has 1 N–H and O–H groups in total. The van der Waals surface area contributed by atoms with Gasteiger partial charge in [0.15, 0.2) is 11.5 Å². The van der Waals surface area contributed by atoms with E-state index in [1.54, 1.807) is 0 Å². The molecule has 6 nitrogen and oxygen atoms in total. The van der Waals surface area contributed by atoms with Crippen LogP contribution in [-0.2, 0) is 11.3 Å². The molecule has 3 rings (SSSR count). The van der Waals surface area contributed by atoms with Gasteiger partial charge in [-0.15, -0.1) is 0 Å². The van der Waals surface area contributed by atoms with Crippen LogP contribution in [0.5, 0.6) is 11.5 Å². The molecule has 1 unspecified atom stereocenters. The first kappa shape index (κ1) is 17.9. The van der Waals surface area contributed by atoms with Gasteiger partial charge in [0.05, 0.1) is 0 Å². The molecule has 0 spiro atoms. The van der Waals surface area contributed by atoms with Gasteiger partial charge in [0.1, 0.15) is 5.60 Å². The van der Waals surface area contributed by atoms with Crippen molar-refractivity contribution in [3.63, 3.8) is 0 Å². The van der Waals surface area contributed by atoms with Gasteiger partial charge in [-0.25, -0.2) is 4.79 Å². The number of hydrogen-bond acceptors (Lipinski definition) is 5. The van der Waals surface area contributed by atoms with E-state index in [4.69, 9.17) is 14.2 Å². The summed E-state index contributed by atoms with van der Waals surface area (Å²) in [4.78, 5) is 14.2. The van der Waals surface area contributed by atoms with Gasteiger partial charge < -0.3 is 24.4 Å². The van der Waals surface area contributed by atoms with Crippen molar-refractivity contribution >= 4 is 6.09 Å². The smallest absolute Gasteiger partial charge is 0.410 e. The second-order valence-electron chi connectivity index (χ2n) is 7.59. The molecule has 1 aromatic carbocycles. The maximum atomic E-state index is 12.3. The summed E-state index contributed by atoms with van der Waals surface area (Å²) in [6, 6.07) is 6.20. The Balaban J connectivity index is 1.46. The first-order chi connectivity index (χ1) is 11.9. The number of benzene rings is 1. The third-order valence-corrected chi connectivity index (χ3v) is 4.45. The zero-order valence-corrected chi connectivity index (χ0v) is 15.3. The molecular weight excluding hydrogens is 320 g/mol. The number of ether oxygens (including phenoxy) is 3. The van der Waals surface area contributed by atoms with Crippen LogP contribution < -0.4 is 14.8 Å². The normalized spacial score (nSPS) is 19.3. The number of nitrogens with one attached hydrogen (secondary N) is 1. The van der Waals surface area contributed by atoms with Crippen molar-refractivity contribution in [2.45, 2.75) is 58.2 Å². The zero-order valence-electron chi connectivity index (χ0n) is 15.3. The van der Waals surface area contributed by atoms with E-state index >= 15 is 0 Å². The van der Waals surface area contributed by atoms with Crippen molar-refractivity contribution in [1.29, 1.82) is 0 Å². The maximum Gasteiger partial charge on any atom is 0.410 e. The monoisotopic (exact) mass is 348 g/mol. The highest BCUT2D eigenvalue weighted by atomic mass is 16.7. The van der Waals surface area contributed by atoms with Gasteiger partial charge in [-0.2, -0.15) is 0 Å². The third kappa shape index (κ3) is 4.57. The molecule has 0 aliphatic carbocycles. The fourth-order valence-corrected chi connectivity index (χ4v) is 3.32. The summed E-state index contributed by atoms with van der Waals surface area (Å²) in [5.74, 6) is 1.65. The van der Waals surface area contributed by atoms with E-state index in [-0.39, 0.29) is 12.1 Å². The van der Waals surface area contributed by atoms with Crippen LogP contribution >= 0.6 is 0 Å². The van der Waals surface area contributed by atoms with Crippen molar-refractivity contribution in [2.75, 3.05) is 19.9 Å². The molecular formula is C19H28N2O4. The van der Waals surface area contributed by atoms with E-state index in [1.807, 2.05) is 43.9 Å². The lowest BCUT2D eigenvalue weighted by atomic mass is 10.1. The average Bonchev–Trinajstić information content (AvgIpc) is 3.19. The molecule has 6 heteroatoms. The van der Waals surface area contributed by atoms with Crippen molar-refractivity contribution < 1.29 is 19.0 Å². The summed E-state index contributed by atoms with van der Waals surface area (Å²) in [6.07, 6.45) is 2.81. The van der Waals surface area contributed by atoms with Crippen molar-refractivity contribution in [3.05, 3.63) is 23.8 Å². The number of likely N-dealkylation sites (tertiary alicyclic amines) is 1. The molecule has 25 heavy (non-hydrogen) atoms. The Bertz CT molecular complexity index is 612. The van der Waals surface area contributed by atoms with E-state index in [0.29, 0.717) is 6.79 Å². The Hall–Kier alpha value is -1.95. The average molecular weight is 348 g/mol. The molecule has 1 atom stereocenters. The summed E-state index contributed by atoms with van der Waals surface area (Å²) < 4.78 is 16.4. The molecule has 1 fully saturated rings. The summed E-state index contributed by atoms with van der Waals surface area (Å²) in [5, 5.41) is 3.45. The van der Waals surface area contributed by atoms with Gasteiger partial charge in [-0.05, 0) is 52.6 Å². The summed E-state index contributed by atoms with van der Waals surface area (Å²) in [5.41, 5.74) is 0.656. The minimum Gasteiger partial charge on any atom is -0.454 e. The van der Waals surface area contributed by atoms with Gasteiger partial charge >= 0.3 is 6.09 Å². The topological polar surface area (TPSA) is 60.0 Å². The lowest BCUT2D eigenvalue weighted by Crippen LogP contribution is -2.40. The molecule has 1 saturated heterocycles. The van der Waals surface area contributed by atoms with E-state index < -0.39 is 5.60 Å². The largest absolute Gasteiger partial charge is 0.454 e. The second-order valence-corrected chi connectivity index (χ2v) is 7.59. The zero-order chi connectivity index (χ0) is 17.9. The van der Waals surface area contributed by atoms with Crippen LogP contribution in [0.25, 0.3) is 0 Å². The Morgan fingerprint density at radius 2 is 2.20 bits per heavy atom. The third-order valence-electron chi connectivity index (χ3n) is 4.45. The summed E-state index contributed by atoms with van der Waals surface area (Å²) in [6.45, 7) is 8.36. The molecule has 1 amide bonds. The Morgan fingerprint density at radius 3 is 3.00 bits per heavy atom. The highest BCUT2D eigenvalue weighted by Gasteiger charge is 2.31. The SMILES string of the molecule is CC(C)(C)OC(=O)N1CCCC1CCNCc1cccc2c1OCO2. The van der Waals surface area contributed by atoms with Crippen LogP contribution in [0.3, 0.4) is 0 Å². The molecule has 0 radical (unpaired) electrons. The number of carbonyl (C=O) groups is 1. The predicted molar refractivity (Wildman–Crippen MR) is 94.9 cm³/mol. The quantitative estimate of drug-likeness (QED) is 0.828. The molecule has 2 heterocycles. The first-order valence-corrected chi connectivity index (χ1v) is 9.02. The van der Waals surface area contributed by atoms with Gasteiger partial charge in [-0.1, -0.05) is 12.1 Å². The van der Waals surface area contributed by atoms with E-state index in [2.05, 4.69) is 5.32 Å². The second kappa shape index (κ2) is 7.52. The van der Waals surface area contributed by atoms with Crippen LogP contribution in [0, 0.1) is 0 Å². The maximum absolute atomic E-state index is 12.3. The Morgan fingerprint density at radius 1 is 1.36 bits per heavy atom. The van der Waals surface area contributed by atoms with E-state index in [0.717, 1.165) is 56.0 Å². The molecule has 2 aliphatic rings. The minimum absolute atomic E-state index is 0.193. The lowest BCUT2D eigenvalue weighted by molar-refractivity contribution is 0.0220. The standard InChI is InChI=1S/C19H28N2O4/c1-19(2,3)25-18(22)21-11-5-7-15(21)9-10-20-12-14-6-4-8-16-17(14)24-13-23-16/h4,6,8,15,20H,5,7,9-13H2,1-3H3. The first-order valence-electron chi connectivity index (χ1n) is 9.02. The van der Waals surface area contributed by atoms with Crippen molar-refractivity contribution in [3.8, 4) is 11.5 Å². The number of rotatable bonds is 5. The van der Waals surface area contributed by atoms with Crippen LogP contribution in [0.1, 0.15) is 45.6 Å². The summed E-state index contributed by atoms with van der Waals surface area (Å²) in [7, 11) is 0. The number of carbonyl (C=O) groups excluding carboxylic acids is 1. The van der Waals surface area contributed by atoms with Crippen LogP contribution in [0.15, 0.2) is 18.2 Å². The van der Waals surface area contributed by atoms with Gasteiger partial charge in [0.2, 0.25) is 6.79 Å². The lowest BCUT2D eigenvalue weighted by Gasteiger charge is -2.28. The number of para-hydroxylation sites is 1. The number of fused-ring (bicyclic) bond motifs is 1. The molecule has 138 valence electrons. The van der Waals surface area contributed by atoms with Crippen LogP contribution in [0.2, 0.25) is 0 Å². The number of nitrogens with zero attached hydrogens (tertiary/aromatic N) is 1. The van der Waals surface area contributed by atoms with E-state index in [1.165, 1.54) is 0 Å². The minimum atomic E-state index is -0.446. The van der Waals surface area contributed by atoms with Gasteiger partial charge in [-0.3, -0.25) is 0 Å². The summed E-state index contributed by atoms with van der Waals surface area (Å²) >= 11 is 0. The molecule has 2 aliphatic heterocycles.